The first-order chi connectivity index (χ1) is 7.86. The molecule has 1 saturated carbocycles. The van der Waals surface area contributed by atoms with Crippen molar-refractivity contribution in [1.82, 2.24) is 4.98 Å². The number of anilines is 1. The largest absolute Gasteiger partial charge is 0.366 e. The Kier molecular flexibility index (Phi) is 2.00. The van der Waals surface area contributed by atoms with Gasteiger partial charge in [0, 0.05) is 11.4 Å². The number of para-hydroxylation sites is 1. The molecule has 3 rings (SSSR count). The van der Waals surface area contributed by atoms with Gasteiger partial charge in [-0.05, 0) is 25.0 Å². The van der Waals surface area contributed by atoms with Gasteiger partial charge in [0.1, 0.15) is 11.9 Å². The molecule has 1 aromatic carbocycles. The van der Waals surface area contributed by atoms with E-state index in [-0.39, 0.29) is 0 Å². The summed E-state index contributed by atoms with van der Waals surface area (Å²) in [6, 6.07) is 12.5. The Morgan fingerprint density at radius 1 is 1.31 bits per heavy atom. The molecule has 0 bridgehead atoms. The summed E-state index contributed by atoms with van der Waals surface area (Å²) in [6.07, 6.45) is 2.36. The molecule has 0 unspecified atom stereocenters. The van der Waals surface area contributed by atoms with Gasteiger partial charge >= 0.3 is 0 Å². The van der Waals surface area contributed by atoms with Gasteiger partial charge in [0.15, 0.2) is 0 Å². The molecule has 3 nitrogen and oxygen atoms in total. The number of hydrogen-bond acceptors (Lipinski definition) is 3. The zero-order chi connectivity index (χ0) is 11.0. The molecular weight excluding hydrogens is 198 g/mol. The summed E-state index contributed by atoms with van der Waals surface area (Å²) < 4.78 is 0. The zero-order valence-corrected chi connectivity index (χ0v) is 8.77. The van der Waals surface area contributed by atoms with Gasteiger partial charge in [0.25, 0.3) is 0 Å². The Hall–Kier alpha value is -2.08. The fraction of sp³-hybridized carbons (Fsp3) is 0.231. The Labute approximate surface area is 93.7 Å². The van der Waals surface area contributed by atoms with Crippen molar-refractivity contribution in [2.24, 2.45) is 0 Å². The van der Waals surface area contributed by atoms with Gasteiger partial charge < -0.3 is 5.32 Å². The van der Waals surface area contributed by atoms with Crippen molar-refractivity contribution in [3.05, 3.63) is 35.9 Å². The second-order valence-electron chi connectivity index (χ2n) is 4.11. The number of rotatable bonds is 2. The number of nitrogens with one attached hydrogen (secondary N) is 1. The molecule has 0 spiro atoms. The van der Waals surface area contributed by atoms with Crippen LogP contribution < -0.4 is 5.32 Å². The molecule has 1 aromatic heterocycles. The molecule has 16 heavy (non-hydrogen) atoms. The van der Waals surface area contributed by atoms with Crippen LogP contribution in [0.25, 0.3) is 10.9 Å². The fourth-order valence-corrected chi connectivity index (χ4v) is 1.73. The summed E-state index contributed by atoms with van der Waals surface area (Å²) in [5.41, 5.74) is 1.57. The molecule has 0 saturated heterocycles. The highest BCUT2D eigenvalue weighted by atomic mass is 15.0. The van der Waals surface area contributed by atoms with E-state index in [2.05, 4.69) is 16.4 Å². The van der Waals surface area contributed by atoms with Crippen LogP contribution in [0, 0.1) is 11.3 Å². The monoisotopic (exact) mass is 209 g/mol. The lowest BCUT2D eigenvalue weighted by Gasteiger charge is -2.07. The van der Waals surface area contributed by atoms with Gasteiger partial charge in [-0.3, -0.25) is 0 Å². The summed E-state index contributed by atoms with van der Waals surface area (Å²) in [6.45, 7) is 0. The van der Waals surface area contributed by atoms with E-state index >= 15 is 0 Å². The van der Waals surface area contributed by atoms with Crippen molar-refractivity contribution in [3.8, 4) is 6.07 Å². The number of pyridine rings is 1. The van der Waals surface area contributed by atoms with Crippen LogP contribution in [0.2, 0.25) is 0 Å². The average Bonchev–Trinajstić information content (AvgIpc) is 3.12. The van der Waals surface area contributed by atoms with Crippen molar-refractivity contribution in [3.63, 3.8) is 0 Å². The first kappa shape index (κ1) is 9.17. The average molecular weight is 209 g/mol. The van der Waals surface area contributed by atoms with Crippen molar-refractivity contribution >= 4 is 16.7 Å². The highest BCUT2D eigenvalue weighted by molar-refractivity contribution is 5.82. The minimum Gasteiger partial charge on any atom is -0.366 e. The number of nitriles is 1. The quantitative estimate of drug-likeness (QED) is 0.827. The maximum absolute atomic E-state index is 9.08. The van der Waals surface area contributed by atoms with Gasteiger partial charge in [-0.15, -0.1) is 0 Å². The molecule has 1 N–H and O–H groups in total. The van der Waals surface area contributed by atoms with Crippen LogP contribution in [0.4, 0.5) is 5.82 Å². The topological polar surface area (TPSA) is 48.7 Å². The minimum absolute atomic E-state index is 0.515. The minimum atomic E-state index is 0.515. The lowest BCUT2D eigenvalue weighted by atomic mass is 10.1. The Bertz CT molecular complexity index is 579. The van der Waals surface area contributed by atoms with Gasteiger partial charge in [-0.25, -0.2) is 4.98 Å². The molecule has 78 valence electrons. The third-order valence-corrected chi connectivity index (χ3v) is 2.76. The third kappa shape index (κ3) is 1.59. The summed E-state index contributed by atoms with van der Waals surface area (Å²) >= 11 is 0. The van der Waals surface area contributed by atoms with E-state index in [1.807, 2.05) is 30.3 Å². The molecule has 0 amide bonds. The molecule has 0 aliphatic heterocycles. The summed E-state index contributed by atoms with van der Waals surface area (Å²) in [5, 5.41) is 13.4. The first-order valence-electron chi connectivity index (χ1n) is 5.43. The molecule has 2 aromatic rings. The maximum Gasteiger partial charge on any atom is 0.144 e. The number of fused-ring (bicyclic) bond motifs is 1. The Balaban J connectivity index is 2.13. The van der Waals surface area contributed by atoms with Crippen LogP contribution in [-0.2, 0) is 0 Å². The van der Waals surface area contributed by atoms with E-state index in [0.717, 1.165) is 16.7 Å². The Morgan fingerprint density at radius 3 is 2.88 bits per heavy atom. The van der Waals surface area contributed by atoms with Gasteiger partial charge in [0.05, 0.1) is 11.1 Å². The van der Waals surface area contributed by atoms with E-state index in [9.17, 15) is 0 Å². The van der Waals surface area contributed by atoms with Crippen LogP contribution in [0.5, 0.6) is 0 Å². The number of aromatic nitrogens is 1. The number of nitrogens with zero attached hydrogens (tertiary/aromatic N) is 2. The predicted molar refractivity (Wildman–Crippen MR) is 63.1 cm³/mol. The van der Waals surface area contributed by atoms with Crippen LogP contribution in [0.3, 0.4) is 0 Å². The predicted octanol–water partition coefficient (Wildman–Crippen LogP) is 2.68. The molecule has 1 fully saturated rings. The lowest BCUT2D eigenvalue weighted by Crippen LogP contribution is -2.05. The van der Waals surface area contributed by atoms with Crippen molar-refractivity contribution < 1.29 is 0 Å². The summed E-state index contributed by atoms with van der Waals surface area (Å²) in [7, 11) is 0. The van der Waals surface area contributed by atoms with Gasteiger partial charge in [-0.1, -0.05) is 18.2 Å². The maximum atomic E-state index is 9.08. The third-order valence-electron chi connectivity index (χ3n) is 2.76. The van der Waals surface area contributed by atoms with Crippen molar-refractivity contribution in [2.75, 3.05) is 5.32 Å². The SMILES string of the molecule is N#Cc1cc2ccccc2nc1NC1CC1. The van der Waals surface area contributed by atoms with E-state index < -0.39 is 0 Å². The van der Waals surface area contributed by atoms with E-state index in [0.29, 0.717) is 11.6 Å². The molecular formula is C13H11N3. The molecule has 1 aliphatic carbocycles. The van der Waals surface area contributed by atoms with Crippen molar-refractivity contribution in [2.45, 2.75) is 18.9 Å². The highest BCUT2D eigenvalue weighted by Gasteiger charge is 2.22. The van der Waals surface area contributed by atoms with E-state index in [1.54, 1.807) is 0 Å². The van der Waals surface area contributed by atoms with Crippen LogP contribution in [0.1, 0.15) is 18.4 Å². The second-order valence-corrected chi connectivity index (χ2v) is 4.11. The summed E-state index contributed by atoms with van der Waals surface area (Å²) in [5.74, 6) is 0.726. The fourth-order valence-electron chi connectivity index (χ4n) is 1.73. The number of benzene rings is 1. The second kappa shape index (κ2) is 3.49. The van der Waals surface area contributed by atoms with Crippen molar-refractivity contribution in [1.29, 1.82) is 5.26 Å². The van der Waals surface area contributed by atoms with Crippen LogP contribution >= 0.6 is 0 Å². The highest BCUT2D eigenvalue weighted by Crippen LogP contribution is 2.27. The molecule has 0 atom stereocenters. The molecule has 3 heteroatoms. The smallest absolute Gasteiger partial charge is 0.144 e. The molecule has 1 heterocycles. The standard InChI is InChI=1S/C13H11N3/c14-8-10-7-9-3-1-2-4-12(9)16-13(10)15-11-5-6-11/h1-4,7,11H,5-6H2,(H,15,16). The van der Waals surface area contributed by atoms with E-state index in [1.165, 1.54) is 12.8 Å². The van der Waals surface area contributed by atoms with Crippen LogP contribution in [0.15, 0.2) is 30.3 Å². The molecule has 0 radical (unpaired) electrons. The van der Waals surface area contributed by atoms with Gasteiger partial charge in [0.2, 0.25) is 0 Å². The Morgan fingerprint density at radius 2 is 2.12 bits per heavy atom. The van der Waals surface area contributed by atoms with E-state index in [4.69, 9.17) is 5.26 Å². The van der Waals surface area contributed by atoms with Crippen LogP contribution in [-0.4, -0.2) is 11.0 Å². The first-order valence-corrected chi connectivity index (χ1v) is 5.43. The van der Waals surface area contributed by atoms with Gasteiger partial charge in [-0.2, -0.15) is 5.26 Å². The molecule has 1 aliphatic rings. The normalized spacial score (nSPS) is 14.7. The zero-order valence-electron chi connectivity index (χ0n) is 8.77. The number of hydrogen-bond donors (Lipinski definition) is 1. The summed E-state index contributed by atoms with van der Waals surface area (Å²) in [4.78, 5) is 4.49. The lowest BCUT2D eigenvalue weighted by molar-refractivity contribution is 1.12.